The van der Waals surface area contributed by atoms with E-state index in [4.69, 9.17) is 4.74 Å². The van der Waals surface area contributed by atoms with Crippen molar-refractivity contribution in [1.29, 1.82) is 0 Å². The molecule has 0 aliphatic rings. The van der Waals surface area contributed by atoms with Gasteiger partial charge in [0, 0.05) is 13.0 Å². The largest absolute Gasteiger partial charge is 0.463 e. The van der Waals surface area contributed by atoms with Crippen LogP contribution in [-0.2, 0) is 9.53 Å². The zero-order valence-corrected chi connectivity index (χ0v) is 19.7. The van der Waals surface area contributed by atoms with Gasteiger partial charge in [-0.25, -0.2) is 0 Å². The van der Waals surface area contributed by atoms with Crippen LogP contribution >= 0.6 is 0 Å². The fourth-order valence-corrected chi connectivity index (χ4v) is 3.43. The van der Waals surface area contributed by atoms with E-state index in [1.165, 1.54) is 70.6 Å². The lowest BCUT2D eigenvalue weighted by Gasteiger charge is -2.21. The van der Waals surface area contributed by atoms with Gasteiger partial charge in [0.05, 0.1) is 0 Å². The molecule has 4 heteroatoms. The lowest BCUT2D eigenvalue weighted by molar-refractivity contribution is -0.147. The van der Waals surface area contributed by atoms with Gasteiger partial charge < -0.3 is 14.7 Å². The summed E-state index contributed by atoms with van der Waals surface area (Å²) in [7, 11) is 0. The van der Waals surface area contributed by atoms with Gasteiger partial charge in [-0.15, -0.1) is 0 Å². The number of carbonyl (C=O) groups excluding carboxylic acids is 1. The van der Waals surface area contributed by atoms with E-state index in [2.05, 4.69) is 37.8 Å². The molecule has 0 saturated carbocycles. The van der Waals surface area contributed by atoms with Gasteiger partial charge in [0.15, 0.2) is 0 Å². The number of aliphatic hydroxyl groups excluding tert-OH is 1. The maximum absolute atomic E-state index is 11.8. The number of allylic oxidation sites excluding steroid dienone is 2. The van der Waals surface area contributed by atoms with Gasteiger partial charge >= 0.3 is 5.97 Å². The molecule has 0 amide bonds. The summed E-state index contributed by atoms with van der Waals surface area (Å²) in [5.74, 6) is -0.179. The second-order valence-electron chi connectivity index (χ2n) is 8.16. The lowest BCUT2D eigenvalue weighted by atomic mass is 10.1. The van der Waals surface area contributed by atoms with Crippen LogP contribution in [0.25, 0.3) is 0 Å². The Labute approximate surface area is 181 Å². The number of hydrogen-bond donors (Lipinski definition) is 1. The molecular weight excluding hydrogens is 362 g/mol. The molecule has 1 N–H and O–H groups in total. The molecule has 0 rings (SSSR count). The van der Waals surface area contributed by atoms with Crippen molar-refractivity contribution < 1.29 is 14.6 Å². The Bertz CT molecular complexity index is 380. The Morgan fingerprint density at radius 1 is 0.828 bits per heavy atom. The van der Waals surface area contributed by atoms with Crippen molar-refractivity contribution in [2.45, 2.75) is 117 Å². The average Bonchev–Trinajstić information content (AvgIpc) is 2.73. The summed E-state index contributed by atoms with van der Waals surface area (Å²) in [5.41, 5.74) is 0. The van der Waals surface area contributed by atoms with Crippen LogP contribution in [0.2, 0.25) is 0 Å². The third-order valence-electron chi connectivity index (χ3n) is 5.44. The molecule has 0 spiro atoms. The zero-order valence-electron chi connectivity index (χ0n) is 19.7. The number of likely N-dealkylation sites (N-methyl/N-ethyl adjacent to an activating group) is 1. The van der Waals surface area contributed by atoms with Crippen LogP contribution in [0.15, 0.2) is 12.2 Å². The molecule has 1 unspecified atom stereocenters. The molecule has 0 aromatic rings. The predicted molar refractivity (Wildman–Crippen MR) is 124 cm³/mol. The summed E-state index contributed by atoms with van der Waals surface area (Å²) in [6.07, 6.45) is 20.8. The zero-order chi connectivity index (χ0) is 21.6. The van der Waals surface area contributed by atoms with Gasteiger partial charge in [-0.3, -0.25) is 4.79 Å². The Hall–Kier alpha value is -0.870. The highest BCUT2D eigenvalue weighted by molar-refractivity contribution is 5.69. The first kappa shape index (κ1) is 28.1. The Morgan fingerprint density at radius 2 is 1.34 bits per heavy atom. The molecular formula is C25H49NO3. The third-order valence-corrected chi connectivity index (χ3v) is 5.44. The van der Waals surface area contributed by atoms with E-state index in [9.17, 15) is 9.90 Å². The molecule has 1 atom stereocenters. The number of hydrogen-bond acceptors (Lipinski definition) is 4. The number of nitrogens with zero attached hydrogens (tertiary/aromatic N) is 1. The smallest absolute Gasteiger partial charge is 0.305 e. The van der Waals surface area contributed by atoms with Crippen molar-refractivity contribution >= 4 is 5.97 Å². The van der Waals surface area contributed by atoms with Gasteiger partial charge in [-0.05, 0) is 45.2 Å². The van der Waals surface area contributed by atoms with E-state index in [0.29, 0.717) is 13.0 Å². The van der Waals surface area contributed by atoms with Crippen molar-refractivity contribution in [3.8, 4) is 0 Å². The van der Waals surface area contributed by atoms with Crippen LogP contribution in [0.5, 0.6) is 0 Å². The highest BCUT2D eigenvalue weighted by atomic mass is 16.5. The first-order valence-electron chi connectivity index (χ1n) is 12.3. The SMILES string of the molecule is CCCCCCCC/C=C\CCCCCCCC(=O)OCC(O)CN(CC)CC. The summed E-state index contributed by atoms with van der Waals surface area (Å²) in [6, 6.07) is 0. The molecule has 0 aliphatic carbocycles. The van der Waals surface area contributed by atoms with Crippen molar-refractivity contribution in [2.75, 3.05) is 26.2 Å². The van der Waals surface area contributed by atoms with Gasteiger partial charge in [0.25, 0.3) is 0 Å². The highest BCUT2D eigenvalue weighted by Gasteiger charge is 2.11. The minimum absolute atomic E-state index is 0.112. The molecule has 0 aromatic heterocycles. The van der Waals surface area contributed by atoms with Gasteiger partial charge in [0.1, 0.15) is 12.7 Å². The second kappa shape index (κ2) is 21.8. The summed E-state index contributed by atoms with van der Waals surface area (Å²) in [5, 5.41) is 9.91. The van der Waals surface area contributed by atoms with Crippen LogP contribution in [0.1, 0.15) is 111 Å². The van der Waals surface area contributed by atoms with Crippen LogP contribution in [0.3, 0.4) is 0 Å². The Balaban J connectivity index is 3.39. The molecule has 29 heavy (non-hydrogen) atoms. The minimum atomic E-state index is -0.590. The van der Waals surface area contributed by atoms with E-state index in [-0.39, 0.29) is 12.6 Å². The monoisotopic (exact) mass is 411 g/mol. The Morgan fingerprint density at radius 3 is 1.90 bits per heavy atom. The fraction of sp³-hybridized carbons (Fsp3) is 0.880. The first-order valence-corrected chi connectivity index (χ1v) is 12.3. The highest BCUT2D eigenvalue weighted by Crippen LogP contribution is 2.10. The predicted octanol–water partition coefficient (Wildman–Crippen LogP) is 6.27. The summed E-state index contributed by atoms with van der Waals surface area (Å²) in [6.45, 7) is 8.87. The number of carbonyl (C=O) groups is 1. The maximum Gasteiger partial charge on any atom is 0.305 e. The molecule has 0 heterocycles. The van der Waals surface area contributed by atoms with E-state index in [1.54, 1.807) is 0 Å². The van der Waals surface area contributed by atoms with Crippen LogP contribution in [-0.4, -0.2) is 48.3 Å². The summed E-state index contributed by atoms with van der Waals surface area (Å²) < 4.78 is 5.19. The van der Waals surface area contributed by atoms with Crippen LogP contribution < -0.4 is 0 Å². The first-order chi connectivity index (χ1) is 14.1. The summed E-state index contributed by atoms with van der Waals surface area (Å²) in [4.78, 5) is 13.9. The fourth-order valence-electron chi connectivity index (χ4n) is 3.43. The van der Waals surface area contributed by atoms with E-state index in [0.717, 1.165) is 25.9 Å². The molecule has 0 aromatic carbocycles. The van der Waals surface area contributed by atoms with Gasteiger partial charge in [-0.1, -0.05) is 84.3 Å². The van der Waals surface area contributed by atoms with Crippen LogP contribution in [0, 0.1) is 0 Å². The average molecular weight is 412 g/mol. The number of unbranched alkanes of at least 4 members (excludes halogenated alkanes) is 11. The molecule has 0 aliphatic heterocycles. The van der Waals surface area contributed by atoms with E-state index < -0.39 is 6.10 Å². The number of esters is 1. The van der Waals surface area contributed by atoms with Crippen molar-refractivity contribution in [1.82, 2.24) is 4.90 Å². The van der Waals surface area contributed by atoms with Gasteiger partial charge in [0.2, 0.25) is 0 Å². The number of rotatable bonds is 21. The lowest BCUT2D eigenvalue weighted by Crippen LogP contribution is -2.35. The van der Waals surface area contributed by atoms with Crippen molar-refractivity contribution in [3.63, 3.8) is 0 Å². The van der Waals surface area contributed by atoms with Crippen LogP contribution in [0.4, 0.5) is 0 Å². The minimum Gasteiger partial charge on any atom is -0.463 e. The molecule has 0 saturated heterocycles. The van der Waals surface area contributed by atoms with Crippen molar-refractivity contribution in [3.05, 3.63) is 12.2 Å². The number of aliphatic hydroxyl groups is 1. The number of ether oxygens (including phenoxy) is 1. The normalized spacial score (nSPS) is 12.7. The molecule has 4 nitrogen and oxygen atoms in total. The van der Waals surface area contributed by atoms with E-state index >= 15 is 0 Å². The second-order valence-corrected chi connectivity index (χ2v) is 8.16. The quantitative estimate of drug-likeness (QED) is 0.137. The topological polar surface area (TPSA) is 49.8 Å². The molecule has 0 bridgehead atoms. The third kappa shape index (κ3) is 20.2. The molecule has 0 fully saturated rings. The molecule has 0 radical (unpaired) electrons. The summed E-state index contributed by atoms with van der Waals surface area (Å²) >= 11 is 0. The van der Waals surface area contributed by atoms with Crippen molar-refractivity contribution in [2.24, 2.45) is 0 Å². The van der Waals surface area contributed by atoms with E-state index in [1.807, 2.05) is 0 Å². The van der Waals surface area contributed by atoms with Gasteiger partial charge in [-0.2, -0.15) is 0 Å². The Kier molecular flexibility index (Phi) is 21.2. The standard InChI is InChI=1S/C25H49NO3/c1-4-7-8-9-10-11-12-13-14-15-16-17-18-19-20-21-25(28)29-23-24(27)22-26(5-2)6-3/h13-14,24,27H,4-12,15-23H2,1-3H3/b14-13-. The molecule has 172 valence electrons. The maximum atomic E-state index is 11.8.